The molecule has 0 bridgehead atoms. The minimum atomic E-state index is 0.00608. The molecule has 1 aromatic rings. The number of benzene rings is 1. The van der Waals surface area contributed by atoms with Gasteiger partial charge < -0.3 is 10.4 Å². The second-order valence-corrected chi connectivity index (χ2v) is 4.12. The Bertz CT molecular complexity index is 469. The number of nitrogens with one attached hydrogen (secondary N) is 1. The van der Waals surface area contributed by atoms with Crippen LogP contribution in [0.4, 0.5) is 5.69 Å². The van der Waals surface area contributed by atoms with E-state index in [0.717, 1.165) is 23.2 Å². The largest absolute Gasteiger partial charge is 0.395 e. The molecule has 2 N–H and O–H groups in total. The van der Waals surface area contributed by atoms with Crippen molar-refractivity contribution in [3.8, 4) is 11.8 Å². The normalized spacial score (nSPS) is 9.50. The van der Waals surface area contributed by atoms with Crippen molar-refractivity contribution in [2.24, 2.45) is 0 Å². The van der Waals surface area contributed by atoms with E-state index in [9.17, 15) is 4.79 Å². The zero-order valence-electron chi connectivity index (χ0n) is 10.9. The van der Waals surface area contributed by atoms with Crippen molar-refractivity contribution >= 4 is 11.6 Å². The molecule has 0 heterocycles. The van der Waals surface area contributed by atoms with E-state index in [1.165, 1.54) is 0 Å². The third-order valence-electron chi connectivity index (χ3n) is 2.39. The molecule has 3 nitrogen and oxygen atoms in total. The fourth-order valence-electron chi connectivity index (χ4n) is 1.52. The first-order chi connectivity index (χ1) is 8.67. The summed E-state index contributed by atoms with van der Waals surface area (Å²) in [5.41, 5.74) is 2.63. The van der Waals surface area contributed by atoms with E-state index >= 15 is 0 Å². The molecule has 1 amide bonds. The van der Waals surface area contributed by atoms with Crippen molar-refractivity contribution < 1.29 is 9.90 Å². The first-order valence-electron chi connectivity index (χ1n) is 6.17. The van der Waals surface area contributed by atoms with Crippen LogP contribution < -0.4 is 5.32 Å². The van der Waals surface area contributed by atoms with Gasteiger partial charge in [0, 0.05) is 18.4 Å². The van der Waals surface area contributed by atoms with Crippen molar-refractivity contribution in [1.82, 2.24) is 0 Å². The van der Waals surface area contributed by atoms with Crippen LogP contribution in [0.2, 0.25) is 0 Å². The lowest BCUT2D eigenvalue weighted by molar-refractivity contribution is -0.116. The maximum absolute atomic E-state index is 11.6. The molecule has 0 unspecified atom stereocenters. The molecule has 18 heavy (non-hydrogen) atoms. The number of aliphatic hydroxyl groups excluding tert-OH is 1. The van der Waals surface area contributed by atoms with Crippen molar-refractivity contribution in [2.45, 2.75) is 33.1 Å². The Balaban J connectivity index is 2.90. The lowest BCUT2D eigenvalue weighted by Gasteiger charge is -2.07. The van der Waals surface area contributed by atoms with Gasteiger partial charge in [0.25, 0.3) is 0 Å². The molecular weight excluding hydrogens is 226 g/mol. The van der Waals surface area contributed by atoms with Crippen LogP contribution in [-0.4, -0.2) is 17.6 Å². The van der Waals surface area contributed by atoms with Gasteiger partial charge in [0.2, 0.25) is 5.91 Å². The van der Waals surface area contributed by atoms with E-state index in [1.807, 2.05) is 32.0 Å². The maximum atomic E-state index is 11.6. The molecule has 3 heteroatoms. The fourth-order valence-corrected chi connectivity index (χ4v) is 1.52. The molecule has 0 radical (unpaired) electrons. The number of hydrogen-bond acceptors (Lipinski definition) is 2. The van der Waals surface area contributed by atoms with Gasteiger partial charge in [-0.15, -0.1) is 0 Å². The topological polar surface area (TPSA) is 49.3 Å². The highest BCUT2D eigenvalue weighted by atomic mass is 16.2. The number of hydrogen-bond donors (Lipinski definition) is 2. The molecule has 1 aromatic carbocycles. The Morgan fingerprint density at radius 2 is 2.22 bits per heavy atom. The quantitative estimate of drug-likeness (QED) is 0.801. The molecular formula is C15H19NO2. The monoisotopic (exact) mass is 245 g/mol. The molecule has 0 aliphatic rings. The van der Waals surface area contributed by atoms with E-state index in [0.29, 0.717) is 12.8 Å². The summed E-state index contributed by atoms with van der Waals surface area (Å²) in [6.45, 7) is 4.00. The summed E-state index contributed by atoms with van der Waals surface area (Å²) in [5, 5.41) is 11.6. The number of carbonyl (C=O) groups excluding carboxylic acids is 1. The van der Waals surface area contributed by atoms with Gasteiger partial charge in [0.15, 0.2) is 0 Å². The van der Waals surface area contributed by atoms with Crippen LogP contribution in [0.3, 0.4) is 0 Å². The van der Waals surface area contributed by atoms with Crippen LogP contribution in [-0.2, 0) is 4.79 Å². The first-order valence-corrected chi connectivity index (χ1v) is 6.17. The highest BCUT2D eigenvalue weighted by Gasteiger charge is 2.04. The molecule has 0 aliphatic carbocycles. The lowest BCUT2D eigenvalue weighted by Crippen LogP contribution is -2.11. The molecule has 0 spiro atoms. The molecule has 0 aromatic heterocycles. The van der Waals surface area contributed by atoms with Gasteiger partial charge in [-0.25, -0.2) is 0 Å². The van der Waals surface area contributed by atoms with Crippen LogP contribution in [0.15, 0.2) is 18.2 Å². The standard InChI is InChI=1S/C15H19NO2/c1-3-6-15(18)16-14-9-8-12(2)11-13(14)7-4-5-10-17/h8-9,11,17H,3,5-6,10H2,1-2H3,(H,16,18). The SMILES string of the molecule is CCCC(=O)Nc1ccc(C)cc1C#CCCO. The summed E-state index contributed by atoms with van der Waals surface area (Å²) in [6.07, 6.45) is 1.77. The molecule has 0 saturated heterocycles. The molecule has 1 rings (SSSR count). The van der Waals surface area contributed by atoms with E-state index in [4.69, 9.17) is 5.11 Å². The minimum Gasteiger partial charge on any atom is -0.395 e. The predicted molar refractivity (Wildman–Crippen MR) is 73.3 cm³/mol. The van der Waals surface area contributed by atoms with Crippen molar-refractivity contribution in [2.75, 3.05) is 11.9 Å². The summed E-state index contributed by atoms with van der Waals surface area (Å²) in [6, 6.07) is 5.75. The van der Waals surface area contributed by atoms with Crippen LogP contribution in [0, 0.1) is 18.8 Å². The van der Waals surface area contributed by atoms with E-state index < -0.39 is 0 Å². The second kappa shape index (κ2) is 7.52. The Morgan fingerprint density at radius 3 is 2.89 bits per heavy atom. The molecule has 96 valence electrons. The van der Waals surface area contributed by atoms with Crippen molar-refractivity contribution in [1.29, 1.82) is 0 Å². The lowest BCUT2D eigenvalue weighted by atomic mass is 10.1. The zero-order chi connectivity index (χ0) is 13.4. The average molecular weight is 245 g/mol. The third-order valence-corrected chi connectivity index (χ3v) is 2.39. The van der Waals surface area contributed by atoms with E-state index in [2.05, 4.69) is 17.2 Å². The summed E-state index contributed by atoms with van der Waals surface area (Å²) < 4.78 is 0. The predicted octanol–water partition coefficient (Wildman–Crippen LogP) is 2.47. The van der Waals surface area contributed by atoms with Gasteiger partial charge in [-0.05, 0) is 31.0 Å². The van der Waals surface area contributed by atoms with Crippen LogP contribution in [0.25, 0.3) is 0 Å². The Kier molecular flexibility index (Phi) is 5.96. The second-order valence-electron chi connectivity index (χ2n) is 4.12. The Hall–Kier alpha value is -1.79. The number of aryl methyl sites for hydroxylation is 1. The van der Waals surface area contributed by atoms with Crippen molar-refractivity contribution in [3.05, 3.63) is 29.3 Å². The van der Waals surface area contributed by atoms with E-state index in [-0.39, 0.29) is 12.5 Å². The van der Waals surface area contributed by atoms with Crippen molar-refractivity contribution in [3.63, 3.8) is 0 Å². The molecule has 0 saturated carbocycles. The van der Waals surface area contributed by atoms with Crippen LogP contribution in [0.1, 0.15) is 37.3 Å². The summed E-state index contributed by atoms with van der Waals surface area (Å²) in [5.74, 6) is 5.86. The molecule has 0 aliphatic heterocycles. The number of anilines is 1. The number of aliphatic hydroxyl groups is 1. The minimum absolute atomic E-state index is 0.00608. The maximum Gasteiger partial charge on any atom is 0.224 e. The summed E-state index contributed by atoms with van der Waals surface area (Å²) in [4.78, 5) is 11.6. The molecule has 0 fully saturated rings. The van der Waals surface area contributed by atoms with E-state index in [1.54, 1.807) is 0 Å². The van der Waals surface area contributed by atoms with Gasteiger partial charge in [-0.1, -0.05) is 24.8 Å². The number of rotatable bonds is 4. The average Bonchev–Trinajstić information content (AvgIpc) is 2.33. The van der Waals surface area contributed by atoms with Crippen LogP contribution in [0.5, 0.6) is 0 Å². The fraction of sp³-hybridized carbons (Fsp3) is 0.400. The van der Waals surface area contributed by atoms with Gasteiger partial charge >= 0.3 is 0 Å². The Morgan fingerprint density at radius 1 is 1.44 bits per heavy atom. The van der Waals surface area contributed by atoms with Crippen LogP contribution >= 0.6 is 0 Å². The number of amides is 1. The van der Waals surface area contributed by atoms with Gasteiger partial charge in [-0.2, -0.15) is 0 Å². The smallest absolute Gasteiger partial charge is 0.224 e. The Labute approximate surface area is 108 Å². The van der Waals surface area contributed by atoms with Gasteiger partial charge in [-0.3, -0.25) is 4.79 Å². The first kappa shape index (κ1) is 14.3. The zero-order valence-corrected chi connectivity index (χ0v) is 10.9. The summed E-state index contributed by atoms with van der Waals surface area (Å²) >= 11 is 0. The molecule has 0 atom stereocenters. The number of carbonyl (C=O) groups is 1. The summed E-state index contributed by atoms with van der Waals surface area (Å²) in [7, 11) is 0. The van der Waals surface area contributed by atoms with Gasteiger partial charge in [0.05, 0.1) is 12.3 Å². The highest BCUT2D eigenvalue weighted by Crippen LogP contribution is 2.16. The highest BCUT2D eigenvalue weighted by molar-refractivity contribution is 5.92. The third kappa shape index (κ3) is 4.60. The van der Waals surface area contributed by atoms with Gasteiger partial charge in [0.1, 0.15) is 0 Å².